The van der Waals surface area contributed by atoms with Crippen molar-refractivity contribution in [1.82, 2.24) is 19.9 Å². The van der Waals surface area contributed by atoms with Gasteiger partial charge >= 0.3 is 0 Å². The van der Waals surface area contributed by atoms with Gasteiger partial charge in [0.2, 0.25) is 4.96 Å². The summed E-state index contributed by atoms with van der Waals surface area (Å²) < 4.78 is 7.14. The Bertz CT molecular complexity index is 833. The van der Waals surface area contributed by atoms with Gasteiger partial charge in [-0.3, -0.25) is 4.79 Å². The number of ether oxygens (including phenoxy) is 1. The Morgan fingerprint density at radius 3 is 3.09 bits per heavy atom. The van der Waals surface area contributed by atoms with Crippen LogP contribution in [0.25, 0.3) is 4.96 Å². The highest BCUT2D eigenvalue weighted by molar-refractivity contribution is 7.15. The number of thiazole rings is 1. The first kappa shape index (κ1) is 16.0. The molecule has 0 unspecified atom stereocenters. The van der Waals surface area contributed by atoms with E-state index in [2.05, 4.69) is 15.4 Å². The number of carbonyl (C=O) groups excluding carboxylic acids is 1. The Balaban J connectivity index is 1.45. The van der Waals surface area contributed by atoms with Crippen molar-refractivity contribution < 1.29 is 9.53 Å². The number of hydrogen-bond donors (Lipinski definition) is 1. The molecular weight excluding hydrogens is 359 g/mol. The number of fused-ring (bicyclic) bond motifs is 1. The Morgan fingerprint density at radius 1 is 1.39 bits per heavy atom. The van der Waals surface area contributed by atoms with Crippen LogP contribution in [-0.4, -0.2) is 33.7 Å². The molecule has 0 spiro atoms. The molecule has 0 fully saturated rings. The minimum Gasteiger partial charge on any atom is -0.482 e. The second-order valence-corrected chi connectivity index (χ2v) is 6.33. The zero-order valence-corrected chi connectivity index (χ0v) is 14.2. The molecule has 0 atom stereocenters. The van der Waals surface area contributed by atoms with Crippen molar-refractivity contribution >= 4 is 45.4 Å². The van der Waals surface area contributed by atoms with Crippen LogP contribution < -0.4 is 10.1 Å². The van der Waals surface area contributed by atoms with E-state index >= 15 is 0 Å². The molecule has 2 aromatic heterocycles. The molecule has 1 N–H and O–H groups in total. The molecule has 23 heavy (non-hydrogen) atoms. The van der Waals surface area contributed by atoms with E-state index in [-0.39, 0.29) is 12.5 Å². The van der Waals surface area contributed by atoms with Gasteiger partial charge in [-0.1, -0.05) is 23.2 Å². The maximum Gasteiger partial charge on any atom is 0.257 e. The lowest BCUT2D eigenvalue weighted by Crippen LogP contribution is -2.30. The lowest BCUT2D eigenvalue weighted by atomic mass is 10.3. The molecule has 6 nitrogen and oxygen atoms in total. The van der Waals surface area contributed by atoms with E-state index in [1.807, 2.05) is 5.38 Å². The zero-order chi connectivity index (χ0) is 16.2. The number of aromatic nitrogens is 3. The van der Waals surface area contributed by atoms with Crippen LogP contribution in [0.15, 0.2) is 29.9 Å². The fourth-order valence-electron chi connectivity index (χ4n) is 1.96. The summed E-state index contributed by atoms with van der Waals surface area (Å²) in [5, 5.41) is 9.78. The molecule has 0 bridgehead atoms. The monoisotopic (exact) mass is 370 g/mol. The predicted octanol–water partition coefficient (Wildman–Crippen LogP) is 2.84. The third kappa shape index (κ3) is 3.93. The average Bonchev–Trinajstić information content (AvgIpc) is 3.11. The number of hydrogen-bond acceptors (Lipinski definition) is 5. The number of nitrogens with zero attached hydrogens (tertiary/aromatic N) is 3. The van der Waals surface area contributed by atoms with Gasteiger partial charge in [0.05, 0.1) is 10.7 Å². The largest absolute Gasteiger partial charge is 0.482 e. The number of halogens is 2. The Labute approximate surface area is 146 Å². The predicted molar refractivity (Wildman–Crippen MR) is 89.5 cm³/mol. The maximum atomic E-state index is 11.8. The van der Waals surface area contributed by atoms with Crippen molar-refractivity contribution in [2.45, 2.75) is 6.42 Å². The van der Waals surface area contributed by atoms with Crippen molar-refractivity contribution in [1.29, 1.82) is 0 Å². The van der Waals surface area contributed by atoms with Crippen molar-refractivity contribution in [2.24, 2.45) is 0 Å². The van der Waals surface area contributed by atoms with Gasteiger partial charge < -0.3 is 10.1 Å². The summed E-state index contributed by atoms with van der Waals surface area (Å²) in [7, 11) is 0. The molecule has 0 saturated heterocycles. The third-order valence-electron chi connectivity index (χ3n) is 3.04. The molecular formula is C14H12Cl2N4O2S. The van der Waals surface area contributed by atoms with Gasteiger partial charge in [-0.05, 0) is 18.2 Å². The first-order valence-electron chi connectivity index (χ1n) is 6.74. The first-order valence-corrected chi connectivity index (χ1v) is 8.37. The smallest absolute Gasteiger partial charge is 0.257 e. The molecule has 0 aliphatic rings. The van der Waals surface area contributed by atoms with E-state index in [0.29, 0.717) is 28.8 Å². The summed E-state index contributed by atoms with van der Waals surface area (Å²) >= 11 is 13.3. The average molecular weight is 371 g/mol. The van der Waals surface area contributed by atoms with Gasteiger partial charge in [0, 0.05) is 23.4 Å². The van der Waals surface area contributed by atoms with Crippen LogP contribution in [-0.2, 0) is 11.2 Å². The van der Waals surface area contributed by atoms with Crippen LogP contribution in [0.1, 0.15) is 5.69 Å². The van der Waals surface area contributed by atoms with Crippen LogP contribution in [0.5, 0.6) is 5.75 Å². The number of amides is 1. The van der Waals surface area contributed by atoms with E-state index in [1.165, 1.54) is 17.7 Å². The molecule has 0 aliphatic carbocycles. The molecule has 0 aliphatic heterocycles. The molecule has 120 valence electrons. The second kappa shape index (κ2) is 7.16. The third-order valence-corrected chi connectivity index (χ3v) is 4.45. The molecule has 3 rings (SSSR count). The highest BCUT2D eigenvalue weighted by Crippen LogP contribution is 2.27. The topological polar surface area (TPSA) is 68.5 Å². The van der Waals surface area contributed by atoms with E-state index in [0.717, 1.165) is 10.7 Å². The van der Waals surface area contributed by atoms with Gasteiger partial charge in [0.15, 0.2) is 6.61 Å². The maximum absolute atomic E-state index is 11.8. The Morgan fingerprint density at radius 2 is 2.26 bits per heavy atom. The van der Waals surface area contributed by atoms with Crippen molar-refractivity contribution in [3.63, 3.8) is 0 Å². The quantitative estimate of drug-likeness (QED) is 0.724. The van der Waals surface area contributed by atoms with E-state index in [9.17, 15) is 4.79 Å². The molecule has 1 aromatic carbocycles. The molecule has 1 amide bonds. The van der Waals surface area contributed by atoms with Crippen LogP contribution in [0.4, 0.5) is 0 Å². The summed E-state index contributed by atoms with van der Waals surface area (Å²) in [5.41, 5.74) is 1.00. The van der Waals surface area contributed by atoms with Crippen molar-refractivity contribution in [3.05, 3.63) is 45.6 Å². The molecule has 0 radical (unpaired) electrons. The van der Waals surface area contributed by atoms with E-state index in [4.69, 9.17) is 27.9 Å². The number of benzene rings is 1. The Hall–Kier alpha value is -1.83. The second-order valence-electron chi connectivity index (χ2n) is 4.64. The summed E-state index contributed by atoms with van der Waals surface area (Å²) in [6, 6.07) is 4.85. The van der Waals surface area contributed by atoms with Gasteiger partial charge in [0.1, 0.15) is 12.1 Å². The number of carbonyl (C=O) groups is 1. The standard InChI is InChI=1S/C14H12Cl2N4O2S/c15-9-1-2-12(11(16)5-9)22-6-13(21)17-4-3-10-7-23-14-18-8-19-20(10)14/h1-2,5,7-8H,3-4,6H2,(H,17,21). The minimum absolute atomic E-state index is 0.107. The molecule has 0 saturated carbocycles. The number of rotatable bonds is 6. The highest BCUT2D eigenvalue weighted by atomic mass is 35.5. The van der Waals surface area contributed by atoms with Crippen LogP contribution >= 0.6 is 34.5 Å². The SMILES string of the molecule is O=C(COc1ccc(Cl)cc1Cl)NCCc1csc2ncnn12. The van der Waals surface area contributed by atoms with Gasteiger partial charge in [0.25, 0.3) is 5.91 Å². The van der Waals surface area contributed by atoms with Crippen LogP contribution in [0, 0.1) is 0 Å². The van der Waals surface area contributed by atoms with Gasteiger partial charge in [-0.2, -0.15) is 5.10 Å². The van der Waals surface area contributed by atoms with E-state index < -0.39 is 0 Å². The minimum atomic E-state index is -0.221. The normalized spacial score (nSPS) is 10.9. The van der Waals surface area contributed by atoms with Gasteiger partial charge in [-0.25, -0.2) is 9.50 Å². The Kier molecular flexibility index (Phi) is 5.00. The molecule has 3 aromatic rings. The summed E-state index contributed by atoms with van der Waals surface area (Å²) in [4.78, 5) is 16.7. The fraction of sp³-hybridized carbons (Fsp3) is 0.214. The zero-order valence-electron chi connectivity index (χ0n) is 11.8. The first-order chi connectivity index (χ1) is 11.1. The fourth-order valence-corrected chi connectivity index (χ4v) is 3.25. The van der Waals surface area contributed by atoms with Crippen LogP contribution in [0.2, 0.25) is 10.0 Å². The summed E-state index contributed by atoms with van der Waals surface area (Å²) in [5.74, 6) is 0.203. The molecule has 9 heteroatoms. The lowest BCUT2D eigenvalue weighted by Gasteiger charge is -2.08. The summed E-state index contributed by atoms with van der Waals surface area (Å²) in [6.07, 6.45) is 2.18. The number of nitrogens with one attached hydrogen (secondary N) is 1. The van der Waals surface area contributed by atoms with Gasteiger partial charge in [-0.15, -0.1) is 11.3 Å². The summed E-state index contributed by atoms with van der Waals surface area (Å²) in [6.45, 7) is 0.381. The van der Waals surface area contributed by atoms with Crippen molar-refractivity contribution in [2.75, 3.05) is 13.2 Å². The van der Waals surface area contributed by atoms with E-state index in [1.54, 1.807) is 22.7 Å². The van der Waals surface area contributed by atoms with Crippen LogP contribution in [0.3, 0.4) is 0 Å². The highest BCUT2D eigenvalue weighted by Gasteiger charge is 2.08. The molecule has 2 heterocycles. The van der Waals surface area contributed by atoms with Crippen molar-refractivity contribution in [3.8, 4) is 5.75 Å². The lowest BCUT2D eigenvalue weighted by molar-refractivity contribution is -0.123.